The second-order valence-corrected chi connectivity index (χ2v) is 5.66. The van der Waals surface area contributed by atoms with Crippen molar-refractivity contribution in [1.82, 2.24) is 9.71 Å². The number of hydrogen-bond acceptors (Lipinski definition) is 5. The predicted molar refractivity (Wildman–Crippen MR) is 69.0 cm³/mol. The number of benzene rings is 1. The molecule has 0 bridgehead atoms. The van der Waals surface area contributed by atoms with Crippen LogP contribution < -0.4 is 4.72 Å². The summed E-state index contributed by atoms with van der Waals surface area (Å²) in [6.07, 6.45) is 1.52. The fourth-order valence-corrected chi connectivity index (χ4v) is 2.59. The SMILES string of the molecule is Cc1nc(-c2ccc(S(=O)(=O)NCCO)cc2)co1. The predicted octanol–water partition coefficient (Wildman–Crippen LogP) is 0.921. The minimum absolute atomic E-state index is 0.00738. The lowest BCUT2D eigenvalue weighted by Crippen LogP contribution is -2.26. The lowest BCUT2D eigenvalue weighted by atomic mass is 10.2. The Morgan fingerprint density at radius 3 is 2.53 bits per heavy atom. The van der Waals surface area contributed by atoms with Crippen molar-refractivity contribution >= 4 is 10.0 Å². The number of nitrogens with one attached hydrogen (secondary N) is 1. The van der Waals surface area contributed by atoms with Gasteiger partial charge in [0.25, 0.3) is 0 Å². The molecule has 1 aromatic heterocycles. The van der Waals surface area contributed by atoms with Crippen LogP contribution in [0.25, 0.3) is 11.3 Å². The van der Waals surface area contributed by atoms with E-state index in [1.54, 1.807) is 19.1 Å². The molecule has 0 spiro atoms. The van der Waals surface area contributed by atoms with Gasteiger partial charge in [-0.2, -0.15) is 0 Å². The van der Waals surface area contributed by atoms with Crippen LogP contribution >= 0.6 is 0 Å². The molecule has 7 heteroatoms. The number of rotatable bonds is 5. The molecule has 0 amide bonds. The summed E-state index contributed by atoms with van der Waals surface area (Å²) in [6, 6.07) is 6.29. The largest absolute Gasteiger partial charge is 0.449 e. The molecular weight excluding hydrogens is 268 g/mol. The van der Waals surface area contributed by atoms with Crippen molar-refractivity contribution < 1.29 is 17.9 Å². The number of nitrogens with zero attached hydrogens (tertiary/aromatic N) is 1. The number of aryl methyl sites for hydroxylation is 1. The van der Waals surface area contributed by atoms with Crippen molar-refractivity contribution in [3.8, 4) is 11.3 Å². The first-order valence-corrected chi connectivity index (χ1v) is 7.14. The second kappa shape index (κ2) is 5.52. The average Bonchev–Trinajstić information content (AvgIpc) is 2.83. The average molecular weight is 282 g/mol. The van der Waals surface area contributed by atoms with Gasteiger partial charge in [-0.1, -0.05) is 12.1 Å². The van der Waals surface area contributed by atoms with E-state index < -0.39 is 10.0 Å². The first kappa shape index (κ1) is 13.7. The van der Waals surface area contributed by atoms with E-state index in [2.05, 4.69) is 9.71 Å². The molecule has 102 valence electrons. The minimum atomic E-state index is -3.57. The molecule has 6 nitrogen and oxygen atoms in total. The van der Waals surface area contributed by atoms with Crippen LogP contribution in [0.4, 0.5) is 0 Å². The zero-order valence-corrected chi connectivity index (χ0v) is 11.1. The third-order valence-electron chi connectivity index (χ3n) is 2.48. The maximum atomic E-state index is 11.8. The lowest BCUT2D eigenvalue weighted by Gasteiger charge is -2.05. The van der Waals surface area contributed by atoms with E-state index in [9.17, 15) is 8.42 Å². The summed E-state index contributed by atoms with van der Waals surface area (Å²) >= 11 is 0. The van der Waals surface area contributed by atoms with Crippen molar-refractivity contribution in [2.24, 2.45) is 0 Å². The highest BCUT2D eigenvalue weighted by atomic mass is 32.2. The van der Waals surface area contributed by atoms with Gasteiger partial charge in [-0.05, 0) is 12.1 Å². The zero-order valence-electron chi connectivity index (χ0n) is 10.3. The Morgan fingerprint density at radius 1 is 1.32 bits per heavy atom. The number of oxazole rings is 1. The molecule has 0 radical (unpaired) electrons. The topological polar surface area (TPSA) is 92.4 Å². The fraction of sp³-hybridized carbons (Fsp3) is 0.250. The summed E-state index contributed by atoms with van der Waals surface area (Å²) in [4.78, 5) is 4.30. The van der Waals surface area contributed by atoms with E-state index in [1.807, 2.05) is 0 Å². The standard InChI is InChI=1S/C12H14N2O4S/c1-9-14-12(8-18-9)10-2-4-11(5-3-10)19(16,17)13-6-7-15/h2-5,8,13,15H,6-7H2,1H3. The van der Waals surface area contributed by atoms with E-state index >= 15 is 0 Å². The number of sulfonamides is 1. The highest BCUT2D eigenvalue weighted by Crippen LogP contribution is 2.20. The maximum Gasteiger partial charge on any atom is 0.240 e. The Hall–Kier alpha value is -1.70. The van der Waals surface area contributed by atoms with Crippen molar-refractivity contribution in [2.45, 2.75) is 11.8 Å². The molecule has 0 saturated carbocycles. The van der Waals surface area contributed by atoms with Crippen molar-refractivity contribution in [3.05, 3.63) is 36.4 Å². The first-order valence-electron chi connectivity index (χ1n) is 5.66. The monoisotopic (exact) mass is 282 g/mol. The molecule has 0 fully saturated rings. The molecule has 19 heavy (non-hydrogen) atoms. The van der Waals surface area contributed by atoms with Gasteiger partial charge < -0.3 is 9.52 Å². The van der Waals surface area contributed by atoms with Gasteiger partial charge in [0.2, 0.25) is 10.0 Å². The van der Waals surface area contributed by atoms with Crippen LogP contribution in [0.3, 0.4) is 0 Å². The molecule has 2 aromatic rings. The van der Waals surface area contributed by atoms with Crippen LogP contribution in [0.15, 0.2) is 39.8 Å². The summed E-state index contributed by atoms with van der Waals surface area (Å²) in [6.45, 7) is 1.49. The highest BCUT2D eigenvalue weighted by Gasteiger charge is 2.13. The zero-order chi connectivity index (χ0) is 13.9. The van der Waals surface area contributed by atoms with Gasteiger partial charge in [-0.25, -0.2) is 18.1 Å². The van der Waals surface area contributed by atoms with Gasteiger partial charge in [0.1, 0.15) is 12.0 Å². The van der Waals surface area contributed by atoms with Crippen molar-refractivity contribution in [1.29, 1.82) is 0 Å². The fourth-order valence-electron chi connectivity index (χ4n) is 1.56. The van der Waals surface area contributed by atoms with Crippen LogP contribution in [-0.2, 0) is 10.0 Å². The summed E-state index contributed by atoms with van der Waals surface area (Å²) in [5.41, 5.74) is 1.43. The summed E-state index contributed by atoms with van der Waals surface area (Å²) in [7, 11) is -3.57. The third-order valence-corrected chi connectivity index (χ3v) is 3.96. The number of aromatic nitrogens is 1. The normalized spacial score (nSPS) is 11.7. The minimum Gasteiger partial charge on any atom is -0.449 e. The van der Waals surface area contributed by atoms with Crippen molar-refractivity contribution in [2.75, 3.05) is 13.2 Å². The molecule has 2 rings (SSSR count). The molecule has 0 atom stereocenters. The lowest BCUT2D eigenvalue weighted by molar-refractivity contribution is 0.301. The van der Waals surface area contributed by atoms with Gasteiger partial charge in [-0.3, -0.25) is 0 Å². The molecule has 0 unspecified atom stereocenters. The van der Waals surface area contributed by atoms with Crippen molar-refractivity contribution in [3.63, 3.8) is 0 Å². The molecule has 1 aromatic carbocycles. The molecule has 0 saturated heterocycles. The molecular formula is C12H14N2O4S. The van der Waals surface area contributed by atoms with Gasteiger partial charge in [0.15, 0.2) is 5.89 Å². The first-order chi connectivity index (χ1) is 9.03. The Labute approximate surface area is 111 Å². The van der Waals surface area contributed by atoms with Gasteiger partial charge in [0.05, 0.1) is 11.5 Å². The van der Waals surface area contributed by atoms with Crippen LogP contribution in [0.5, 0.6) is 0 Å². The Morgan fingerprint density at radius 2 is 2.00 bits per heavy atom. The number of aliphatic hydroxyl groups excluding tert-OH is 1. The molecule has 0 aliphatic rings. The molecule has 0 aliphatic carbocycles. The van der Waals surface area contributed by atoms with Gasteiger partial charge >= 0.3 is 0 Å². The smallest absolute Gasteiger partial charge is 0.240 e. The maximum absolute atomic E-state index is 11.8. The quantitative estimate of drug-likeness (QED) is 0.850. The van der Waals surface area contributed by atoms with Crippen LogP contribution in [0.2, 0.25) is 0 Å². The number of hydrogen-bond donors (Lipinski definition) is 2. The van der Waals surface area contributed by atoms with E-state index in [0.717, 1.165) is 5.56 Å². The highest BCUT2D eigenvalue weighted by molar-refractivity contribution is 7.89. The molecule has 2 N–H and O–H groups in total. The van der Waals surface area contributed by atoms with Gasteiger partial charge in [0, 0.05) is 19.0 Å². The summed E-state index contributed by atoms with van der Waals surface area (Å²) in [5.74, 6) is 0.552. The van der Waals surface area contributed by atoms with Gasteiger partial charge in [-0.15, -0.1) is 0 Å². The molecule has 0 aliphatic heterocycles. The van der Waals surface area contributed by atoms with E-state index in [0.29, 0.717) is 11.6 Å². The Bertz CT molecular complexity index is 647. The Kier molecular flexibility index (Phi) is 3.98. The van der Waals surface area contributed by atoms with E-state index in [4.69, 9.17) is 9.52 Å². The summed E-state index contributed by atoms with van der Waals surface area (Å²) < 4.78 is 30.9. The van der Waals surface area contributed by atoms with E-state index in [1.165, 1.54) is 18.4 Å². The molecule has 1 heterocycles. The second-order valence-electron chi connectivity index (χ2n) is 3.90. The van der Waals surface area contributed by atoms with Crippen LogP contribution in [0, 0.1) is 6.92 Å². The van der Waals surface area contributed by atoms with Crippen LogP contribution in [0.1, 0.15) is 5.89 Å². The van der Waals surface area contributed by atoms with E-state index in [-0.39, 0.29) is 18.0 Å². The Balaban J connectivity index is 2.23. The summed E-state index contributed by atoms with van der Waals surface area (Å²) in [5, 5.41) is 8.63. The van der Waals surface area contributed by atoms with Crippen LogP contribution in [-0.4, -0.2) is 31.7 Å². The number of aliphatic hydroxyl groups is 1. The third kappa shape index (κ3) is 3.19.